The summed E-state index contributed by atoms with van der Waals surface area (Å²) in [6.07, 6.45) is 1.47. The molecular formula is C11H13F2N. The van der Waals surface area contributed by atoms with Gasteiger partial charge in [0.15, 0.2) is 0 Å². The van der Waals surface area contributed by atoms with Crippen molar-refractivity contribution >= 4 is 0 Å². The van der Waals surface area contributed by atoms with E-state index in [2.05, 4.69) is 11.9 Å². The Balaban J connectivity index is 3.30. The van der Waals surface area contributed by atoms with Crippen molar-refractivity contribution in [3.63, 3.8) is 0 Å². The van der Waals surface area contributed by atoms with Gasteiger partial charge in [-0.15, -0.1) is 6.58 Å². The van der Waals surface area contributed by atoms with E-state index in [1.165, 1.54) is 18.2 Å². The lowest BCUT2D eigenvalue weighted by Gasteiger charge is -2.14. The fourth-order valence-electron chi connectivity index (χ4n) is 1.34. The van der Waals surface area contributed by atoms with Gasteiger partial charge in [-0.3, -0.25) is 0 Å². The van der Waals surface area contributed by atoms with Crippen molar-refractivity contribution in [3.8, 4) is 0 Å². The lowest BCUT2D eigenvalue weighted by atomic mass is 10.0. The van der Waals surface area contributed by atoms with Gasteiger partial charge in [0, 0.05) is 5.56 Å². The van der Waals surface area contributed by atoms with E-state index in [0.717, 1.165) is 0 Å². The molecule has 76 valence electrons. The maximum atomic E-state index is 13.6. The quantitative estimate of drug-likeness (QED) is 0.734. The first-order chi connectivity index (χ1) is 6.61. The van der Waals surface area contributed by atoms with E-state index in [-0.39, 0.29) is 5.56 Å². The molecule has 0 aliphatic rings. The lowest BCUT2D eigenvalue weighted by molar-refractivity contribution is 0.523. The monoisotopic (exact) mass is 197 g/mol. The molecule has 1 aromatic rings. The minimum absolute atomic E-state index is 0.0301. The molecule has 1 unspecified atom stereocenters. The highest BCUT2D eigenvalue weighted by atomic mass is 19.1. The van der Waals surface area contributed by atoms with Crippen LogP contribution in [0.5, 0.6) is 0 Å². The molecule has 14 heavy (non-hydrogen) atoms. The molecule has 0 fully saturated rings. The van der Waals surface area contributed by atoms with Gasteiger partial charge in [0.05, 0.1) is 6.04 Å². The highest BCUT2D eigenvalue weighted by Crippen LogP contribution is 2.23. The fraction of sp³-hybridized carbons (Fsp3) is 0.273. The van der Waals surface area contributed by atoms with Gasteiger partial charge in [0.2, 0.25) is 0 Å². The molecule has 0 aliphatic heterocycles. The summed E-state index contributed by atoms with van der Waals surface area (Å²) in [7, 11) is 1.63. The predicted molar refractivity (Wildman–Crippen MR) is 53.1 cm³/mol. The summed E-state index contributed by atoms with van der Waals surface area (Å²) in [5.41, 5.74) is 0.464. The number of hydrogen-bond donors (Lipinski definition) is 1. The second-order valence-corrected chi connectivity index (χ2v) is 3.09. The molecule has 1 atom stereocenters. The number of nitrogens with one attached hydrogen (secondary N) is 1. The van der Waals surface area contributed by atoms with E-state index in [1.54, 1.807) is 14.0 Å². The highest BCUT2D eigenvalue weighted by molar-refractivity contribution is 5.31. The summed E-state index contributed by atoms with van der Waals surface area (Å²) in [6, 6.07) is 2.20. The third-order valence-corrected chi connectivity index (χ3v) is 2.18. The molecule has 0 bridgehead atoms. The molecular weight excluding hydrogens is 184 g/mol. The molecule has 0 spiro atoms. The van der Waals surface area contributed by atoms with Crippen LogP contribution < -0.4 is 5.32 Å². The second kappa shape index (κ2) is 4.33. The van der Waals surface area contributed by atoms with E-state index >= 15 is 0 Å². The minimum Gasteiger partial charge on any atom is -0.310 e. The van der Waals surface area contributed by atoms with E-state index in [9.17, 15) is 8.78 Å². The van der Waals surface area contributed by atoms with Gasteiger partial charge in [0.25, 0.3) is 0 Å². The Morgan fingerprint density at radius 1 is 1.43 bits per heavy atom. The van der Waals surface area contributed by atoms with Gasteiger partial charge in [-0.25, -0.2) is 8.78 Å². The fourth-order valence-corrected chi connectivity index (χ4v) is 1.34. The largest absolute Gasteiger partial charge is 0.310 e. The molecule has 0 aliphatic carbocycles. The first-order valence-corrected chi connectivity index (χ1v) is 4.36. The number of likely N-dealkylation sites (N-methyl/N-ethyl adjacent to an activating group) is 1. The van der Waals surface area contributed by atoms with E-state index in [0.29, 0.717) is 5.56 Å². The van der Waals surface area contributed by atoms with Crippen LogP contribution in [0.2, 0.25) is 0 Å². The zero-order valence-electron chi connectivity index (χ0n) is 8.27. The molecule has 0 amide bonds. The molecule has 0 saturated carbocycles. The lowest BCUT2D eigenvalue weighted by Crippen LogP contribution is -2.17. The smallest absolute Gasteiger partial charge is 0.134 e. The molecule has 1 rings (SSSR count). The Bertz CT molecular complexity index is 347. The number of benzene rings is 1. The van der Waals surface area contributed by atoms with Crippen LogP contribution in [0.3, 0.4) is 0 Å². The molecule has 1 aromatic carbocycles. The van der Waals surface area contributed by atoms with Crippen molar-refractivity contribution < 1.29 is 8.78 Å². The van der Waals surface area contributed by atoms with Crippen molar-refractivity contribution in [1.82, 2.24) is 5.32 Å². The van der Waals surface area contributed by atoms with Crippen LogP contribution in [0.25, 0.3) is 0 Å². The van der Waals surface area contributed by atoms with E-state index < -0.39 is 17.7 Å². The van der Waals surface area contributed by atoms with Gasteiger partial charge >= 0.3 is 0 Å². The number of halogens is 2. The number of hydrogen-bond acceptors (Lipinski definition) is 1. The Labute approximate surface area is 82.4 Å². The average molecular weight is 197 g/mol. The Kier molecular flexibility index (Phi) is 3.36. The zero-order chi connectivity index (χ0) is 10.7. The van der Waals surface area contributed by atoms with Crippen molar-refractivity contribution in [2.45, 2.75) is 13.0 Å². The predicted octanol–water partition coefficient (Wildman–Crippen LogP) is 2.72. The summed E-state index contributed by atoms with van der Waals surface area (Å²) in [6.45, 7) is 5.13. The Morgan fingerprint density at radius 2 is 2.07 bits per heavy atom. The molecule has 3 heteroatoms. The Hall–Kier alpha value is -1.22. The SMILES string of the molecule is C=CC(NC)c1c(F)ccc(C)c1F. The zero-order valence-corrected chi connectivity index (χ0v) is 8.27. The second-order valence-electron chi connectivity index (χ2n) is 3.09. The topological polar surface area (TPSA) is 12.0 Å². The van der Waals surface area contributed by atoms with Crippen LogP contribution in [0, 0.1) is 18.6 Å². The standard InChI is InChI=1S/C11H13F2N/c1-4-9(14-3)10-8(12)6-5-7(2)11(10)13/h4-6,9,14H,1H2,2-3H3. The average Bonchev–Trinajstić information content (AvgIpc) is 2.19. The number of rotatable bonds is 3. The van der Waals surface area contributed by atoms with Gasteiger partial charge in [-0.2, -0.15) is 0 Å². The van der Waals surface area contributed by atoms with Gasteiger partial charge < -0.3 is 5.32 Å². The summed E-state index contributed by atoms with van der Waals surface area (Å²) >= 11 is 0. The van der Waals surface area contributed by atoms with Crippen LogP contribution in [-0.2, 0) is 0 Å². The van der Waals surface area contributed by atoms with Crippen molar-refractivity contribution in [3.05, 3.63) is 47.5 Å². The summed E-state index contributed by atoms with van der Waals surface area (Å²) in [5.74, 6) is -1.06. The van der Waals surface area contributed by atoms with Crippen LogP contribution in [0.15, 0.2) is 24.8 Å². The van der Waals surface area contributed by atoms with Crippen molar-refractivity contribution in [2.24, 2.45) is 0 Å². The van der Waals surface area contributed by atoms with Gasteiger partial charge in [-0.1, -0.05) is 12.1 Å². The first kappa shape index (κ1) is 10.9. The third kappa shape index (κ3) is 1.82. The molecule has 0 saturated heterocycles. The normalized spacial score (nSPS) is 12.6. The molecule has 0 radical (unpaired) electrons. The molecule has 1 N–H and O–H groups in total. The van der Waals surface area contributed by atoms with E-state index in [4.69, 9.17) is 0 Å². The van der Waals surface area contributed by atoms with Gasteiger partial charge in [0.1, 0.15) is 11.6 Å². The molecule has 0 aromatic heterocycles. The van der Waals surface area contributed by atoms with Crippen LogP contribution in [0.1, 0.15) is 17.2 Å². The Morgan fingerprint density at radius 3 is 2.57 bits per heavy atom. The summed E-state index contributed by atoms with van der Waals surface area (Å²) in [5, 5.41) is 2.78. The summed E-state index contributed by atoms with van der Waals surface area (Å²) < 4.78 is 26.9. The first-order valence-electron chi connectivity index (χ1n) is 4.36. The number of aryl methyl sites for hydroxylation is 1. The van der Waals surface area contributed by atoms with Crippen LogP contribution in [0.4, 0.5) is 8.78 Å². The maximum absolute atomic E-state index is 13.6. The summed E-state index contributed by atoms with van der Waals surface area (Å²) in [4.78, 5) is 0. The maximum Gasteiger partial charge on any atom is 0.134 e. The van der Waals surface area contributed by atoms with Crippen LogP contribution in [-0.4, -0.2) is 7.05 Å². The van der Waals surface area contributed by atoms with E-state index in [1.807, 2.05) is 0 Å². The van der Waals surface area contributed by atoms with Crippen molar-refractivity contribution in [2.75, 3.05) is 7.05 Å². The van der Waals surface area contributed by atoms with Crippen molar-refractivity contribution in [1.29, 1.82) is 0 Å². The highest BCUT2D eigenvalue weighted by Gasteiger charge is 2.17. The third-order valence-electron chi connectivity index (χ3n) is 2.18. The molecule has 1 nitrogen and oxygen atoms in total. The van der Waals surface area contributed by atoms with Gasteiger partial charge in [-0.05, 0) is 25.6 Å². The molecule has 0 heterocycles. The minimum atomic E-state index is -0.549. The van der Waals surface area contributed by atoms with Crippen LogP contribution >= 0.6 is 0 Å².